The van der Waals surface area contributed by atoms with E-state index in [2.05, 4.69) is 78.1 Å². The van der Waals surface area contributed by atoms with E-state index in [1.54, 1.807) is 11.2 Å². The number of aliphatic imine (C=N–C) groups is 1. The van der Waals surface area contributed by atoms with Crippen LogP contribution in [0.1, 0.15) is 10.4 Å². The van der Waals surface area contributed by atoms with Crippen LogP contribution in [0.5, 0.6) is 0 Å². The molecule has 0 aromatic heterocycles. The Morgan fingerprint density at radius 3 is 2.48 bits per heavy atom. The van der Waals surface area contributed by atoms with Crippen LogP contribution >= 0.6 is 67.8 Å². The molecule has 0 aliphatic rings. The molecule has 1 aromatic rings. The van der Waals surface area contributed by atoms with Crippen LogP contribution in [0, 0.1) is 10.7 Å². The minimum atomic E-state index is -1.08. The average molecular weight is 627 g/mol. The molecule has 0 fully saturated rings. The lowest BCUT2D eigenvalue weighted by atomic mass is 10.2. The van der Waals surface area contributed by atoms with Crippen molar-refractivity contribution < 1.29 is 14.7 Å². The monoisotopic (exact) mass is 627 g/mol. The first-order valence-corrected chi connectivity index (χ1v) is 8.85. The number of carbonyl (C=O) groups excluding carboxylic acids is 1. The Morgan fingerprint density at radius 1 is 1.33 bits per heavy atom. The third-order valence-corrected chi connectivity index (χ3v) is 4.91. The predicted octanol–water partition coefficient (Wildman–Crippen LogP) is 2.54. The van der Waals surface area contributed by atoms with E-state index < -0.39 is 18.4 Å². The highest BCUT2D eigenvalue weighted by molar-refractivity contribution is 14.1. The Bertz CT molecular complexity index is 603. The van der Waals surface area contributed by atoms with Gasteiger partial charge in [0.25, 0.3) is 5.91 Å². The molecule has 114 valence electrons. The fraction of sp³-hybridized carbons (Fsp3) is 0.250. The van der Waals surface area contributed by atoms with Crippen LogP contribution < -0.4 is 5.32 Å². The Hall–Kier alpha value is -0.180. The molecule has 0 unspecified atom stereocenters. The molecule has 0 aliphatic carbocycles. The van der Waals surface area contributed by atoms with Gasteiger partial charge in [0.05, 0.1) is 21.2 Å². The number of carboxylic acids is 1. The van der Waals surface area contributed by atoms with Gasteiger partial charge in [-0.2, -0.15) is 0 Å². The zero-order valence-corrected chi connectivity index (χ0v) is 17.6. The minimum absolute atomic E-state index is 0.409. The summed E-state index contributed by atoms with van der Waals surface area (Å²) in [6.45, 7) is -0.409. The van der Waals surface area contributed by atoms with E-state index >= 15 is 0 Å². The summed E-state index contributed by atoms with van der Waals surface area (Å²) in [5, 5.41) is 11.0. The van der Waals surface area contributed by atoms with E-state index in [-0.39, 0.29) is 0 Å². The minimum Gasteiger partial charge on any atom is -0.480 e. The average Bonchev–Trinajstić information content (AvgIpc) is 2.35. The van der Waals surface area contributed by atoms with Crippen LogP contribution in [0.3, 0.4) is 0 Å². The fourth-order valence-electron chi connectivity index (χ4n) is 1.32. The Kier molecular flexibility index (Phi) is 7.59. The SMILES string of the molecule is CN(C)/C=N/c1c(I)cc(I)c(C(=O)NCC(=O)O)c1I. The van der Waals surface area contributed by atoms with Crippen molar-refractivity contribution in [2.45, 2.75) is 0 Å². The second-order valence-electron chi connectivity index (χ2n) is 4.16. The number of hydrogen-bond donors (Lipinski definition) is 2. The van der Waals surface area contributed by atoms with E-state index in [1.807, 2.05) is 20.2 Å². The van der Waals surface area contributed by atoms with Crippen molar-refractivity contribution in [2.24, 2.45) is 4.99 Å². The maximum absolute atomic E-state index is 12.1. The van der Waals surface area contributed by atoms with Gasteiger partial charge >= 0.3 is 5.97 Å². The van der Waals surface area contributed by atoms with E-state index in [0.29, 0.717) is 14.8 Å². The highest BCUT2D eigenvalue weighted by Crippen LogP contribution is 2.33. The number of aliphatic carboxylic acids is 1. The summed E-state index contributed by atoms with van der Waals surface area (Å²) in [6.07, 6.45) is 1.66. The van der Waals surface area contributed by atoms with Crippen LogP contribution in [0.2, 0.25) is 0 Å². The topological polar surface area (TPSA) is 82.0 Å². The Morgan fingerprint density at radius 2 is 1.95 bits per heavy atom. The summed E-state index contributed by atoms with van der Waals surface area (Å²) in [5.74, 6) is -1.49. The fourth-order valence-corrected chi connectivity index (χ4v) is 5.46. The first-order valence-electron chi connectivity index (χ1n) is 5.62. The lowest BCUT2D eigenvalue weighted by Gasteiger charge is -2.12. The summed E-state index contributed by atoms with van der Waals surface area (Å²) in [7, 11) is 3.72. The number of carboxylic acid groups (broad SMARTS) is 1. The van der Waals surface area contributed by atoms with Gasteiger partial charge in [0, 0.05) is 21.2 Å². The molecule has 0 spiro atoms. The number of carbonyl (C=O) groups is 2. The molecular formula is C12H12I3N3O3. The molecule has 1 aromatic carbocycles. The van der Waals surface area contributed by atoms with Crippen molar-refractivity contribution in [3.8, 4) is 0 Å². The van der Waals surface area contributed by atoms with Crippen molar-refractivity contribution in [3.05, 3.63) is 22.3 Å². The molecule has 9 heteroatoms. The summed E-state index contributed by atoms with van der Waals surface area (Å²) in [4.78, 5) is 28.9. The number of halogens is 3. The highest BCUT2D eigenvalue weighted by Gasteiger charge is 2.19. The summed E-state index contributed by atoms with van der Waals surface area (Å²) in [5.41, 5.74) is 1.15. The van der Waals surface area contributed by atoms with Crippen molar-refractivity contribution in [1.82, 2.24) is 10.2 Å². The van der Waals surface area contributed by atoms with Gasteiger partial charge in [-0.15, -0.1) is 0 Å². The molecule has 0 saturated carbocycles. The van der Waals surface area contributed by atoms with Crippen LogP contribution in [0.4, 0.5) is 5.69 Å². The van der Waals surface area contributed by atoms with Gasteiger partial charge in [-0.1, -0.05) is 0 Å². The smallest absolute Gasteiger partial charge is 0.322 e. The number of rotatable bonds is 5. The van der Waals surface area contributed by atoms with Crippen molar-refractivity contribution in [3.63, 3.8) is 0 Å². The van der Waals surface area contributed by atoms with E-state index in [0.717, 1.165) is 7.14 Å². The molecule has 0 saturated heterocycles. The number of amides is 1. The predicted molar refractivity (Wildman–Crippen MR) is 106 cm³/mol. The highest BCUT2D eigenvalue weighted by atomic mass is 127. The Labute approximate surface area is 163 Å². The number of nitrogens with zero attached hydrogens (tertiary/aromatic N) is 2. The van der Waals surface area contributed by atoms with Crippen LogP contribution in [-0.2, 0) is 4.79 Å². The van der Waals surface area contributed by atoms with Gasteiger partial charge in [-0.3, -0.25) is 9.59 Å². The zero-order valence-electron chi connectivity index (χ0n) is 11.2. The molecule has 0 aliphatic heterocycles. The zero-order chi connectivity index (χ0) is 16.2. The van der Waals surface area contributed by atoms with Crippen molar-refractivity contribution >= 4 is 91.7 Å². The molecule has 1 rings (SSSR count). The van der Waals surface area contributed by atoms with Crippen LogP contribution in [-0.4, -0.2) is 48.9 Å². The summed E-state index contributed by atoms with van der Waals surface area (Å²) < 4.78 is 2.38. The molecule has 2 N–H and O–H groups in total. The lowest BCUT2D eigenvalue weighted by Crippen LogP contribution is -2.30. The second-order valence-corrected chi connectivity index (χ2v) is 7.57. The van der Waals surface area contributed by atoms with E-state index in [4.69, 9.17) is 5.11 Å². The third kappa shape index (κ3) is 5.50. The maximum Gasteiger partial charge on any atom is 0.322 e. The molecule has 0 heterocycles. The van der Waals surface area contributed by atoms with Crippen LogP contribution in [0.15, 0.2) is 11.1 Å². The van der Waals surface area contributed by atoms with E-state index in [9.17, 15) is 9.59 Å². The first-order chi connectivity index (χ1) is 9.73. The first kappa shape index (κ1) is 18.9. The quantitative estimate of drug-likeness (QED) is 0.299. The molecule has 21 heavy (non-hydrogen) atoms. The van der Waals surface area contributed by atoms with Gasteiger partial charge in [-0.05, 0) is 73.8 Å². The molecule has 0 bridgehead atoms. The van der Waals surface area contributed by atoms with Crippen molar-refractivity contribution in [1.29, 1.82) is 0 Å². The van der Waals surface area contributed by atoms with E-state index in [1.165, 1.54) is 0 Å². The van der Waals surface area contributed by atoms with Crippen molar-refractivity contribution in [2.75, 3.05) is 20.6 Å². The number of nitrogens with one attached hydrogen (secondary N) is 1. The molecule has 1 amide bonds. The molecule has 0 radical (unpaired) electrons. The Balaban J connectivity index is 3.23. The molecular weight excluding hydrogens is 615 g/mol. The molecule has 0 atom stereocenters. The van der Waals surface area contributed by atoms with Crippen LogP contribution in [0.25, 0.3) is 0 Å². The lowest BCUT2D eigenvalue weighted by molar-refractivity contribution is -0.135. The standard InChI is InChI=1S/C12H12I3N3O3/c1-18(2)5-17-11-7(14)3-6(13)9(10(11)15)12(21)16-4-8(19)20/h3,5H,4H2,1-2H3,(H,16,21)(H,19,20)/b17-5+. The maximum atomic E-state index is 12.1. The normalized spacial score (nSPS) is 10.7. The van der Waals surface area contributed by atoms with Gasteiger partial charge in [-0.25, -0.2) is 4.99 Å². The third-order valence-electron chi connectivity index (χ3n) is 2.19. The van der Waals surface area contributed by atoms with Gasteiger partial charge in [0.2, 0.25) is 0 Å². The number of hydrogen-bond acceptors (Lipinski definition) is 3. The summed E-state index contributed by atoms with van der Waals surface area (Å²) >= 11 is 6.29. The summed E-state index contributed by atoms with van der Waals surface area (Å²) in [6, 6.07) is 1.85. The second kappa shape index (κ2) is 8.45. The molecule has 6 nitrogen and oxygen atoms in total. The van der Waals surface area contributed by atoms with Gasteiger partial charge < -0.3 is 15.3 Å². The largest absolute Gasteiger partial charge is 0.480 e. The van der Waals surface area contributed by atoms with Gasteiger partial charge in [0.15, 0.2) is 0 Å². The number of benzene rings is 1. The van der Waals surface area contributed by atoms with Gasteiger partial charge in [0.1, 0.15) is 6.54 Å².